The van der Waals surface area contributed by atoms with Gasteiger partial charge in [0.25, 0.3) is 0 Å². The number of sulfone groups is 1. The normalized spacial score (nSPS) is 17.3. The van der Waals surface area contributed by atoms with Gasteiger partial charge in [0.15, 0.2) is 9.84 Å². The first kappa shape index (κ1) is 16.8. The van der Waals surface area contributed by atoms with E-state index in [0.717, 1.165) is 31.2 Å². The van der Waals surface area contributed by atoms with Crippen LogP contribution in [0.25, 0.3) is 0 Å². The minimum absolute atomic E-state index is 0.384. The average Bonchev–Trinajstić information content (AvgIpc) is 2.88. The number of benzene rings is 2. The summed E-state index contributed by atoms with van der Waals surface area (Å²) in [6.45, 7) is 0. The monoisotopic (exact) mass is 338 g/mol. The highest BCUT2D eigenvalue weighted by Crippen LogP contribution is 2.37. The lowest BCUT2D eigenvalue weighted by atomic mass is 9.99. The number of hydrogen-bond donors (Lipinski definition) is 0. The molecule has 0 amide bonds. The molecule has 0 saturated heterocycles. The molecule has 0 aliphatic heterocycles. The summed E-state index contributed by atoms with van der Waals surface area (Å²) in [6, 6.07) is 18.4. The minimum Gasteiger partial charge on any atom is -0.222 e. The van der Waals surface area contributed by atoms with Gasteiger partial charge in [0, 0.05) is 5.56 Å². The summed E-state index contributed by atoms with van der Waals surface area (Å²) in [7, 11) is -3.49. The van der Waals surface area contributed by atoms with Gasteiger partial charge in [-0.1, -0.05) is 73.9 Å². The molecule has 0 N–H and O–H groups in total. The molecule has 2 aromatic rings. The lowest BCUT2D eigenvalue weighted by Crippen LogP contribution is -2.37. The Labute approximate surface area is 144 Å². The van der Waals surface area contributed by atoms with Crippen molar-refractivity contribution in [2.45, 2.75) is 48.2 Å². The Balaban J connectivity index is 2.08. The molecular weight excluding hydrogens is 316 g/mol. The smallest absolute Gasteiger partial charge is 0.195 e. The molecule has 0 aromatic heterocycles. The van der Waals surface area contributed by atoms with E-state index in [4.69, 9.17) is 0 Å². The van der Waals surface area contributed by atoms with E-state index < -0.39 is 14.6 Å². The van der Waals surface area contributed by atoms with Crippen LogP contribution in [0.3, 0.4) is 0 Å². The van der Waals surface area contributed by atoms with Crippen LogP contribution in [0.15, 0.2) is 65.6 Å². The Morgan fingerprint density at radius 2 is 1.29 bits per heavy atom. The molecule has 1 saturated carbocycles. The summed E-state index contributed by atoms with van der Waals surface area (Å²) in [5.41, 5.74) is 0.865. The Morgan fingerprint density at radius 1 is 0.750 bits per heavy atom. The van der Waals surface area contributed by atoms with Crippen LogP contribution >= 0.6 is 0 Å². The van der Waals surface area contributed by atoms with Gasteiger partial charge in [0.05, 0.1) is 4.90 Å². The van der Waals surface area contributed by atoms with Crippen molar-refractivity contribution in [2.75, 3.05) is 0 Å². The van der Waals surface area contributed by atoms with Gasteiger partial charge >= 0.3 is 0 Å². The van der Waals surface area contributed by atoms with Crippen molar-refractivity contribution in [2.24, 2.45) is 0 Å². The van der Waals surface area contributed by atoms with Crippen LogP contribution in [-0.2, 0) is 9.84 Å². The molecule has 0 bridgehead atoms. The largest absolute Gasteiger partial charge is 0.222 e. The van der Waals surface area contributed by atoms with Crippen LogP contribution < -0.4 is 0 Å². The lowest BCUT2D eigenvalue weighted by Gasteiger charge is -2.27. The summed E-state index contributed by atoms with van der Waals surface area (Å²) in [5, 5.41) is 0. The van der Waals surface area contributed by atoms with Gasteiger partial charge < -0.3 is 0 Å². The van der Waals surface area contributed by atoms with Gasteiger partial charge in [-0.05, 0) is 37.1 Å². The van der Waals surface area contributed by atoms with Crippen LogP contribution in [-0.4, -0.2) is 13.2 Å². The average molecular weight is 338 g/mol. The zero-order valence-electron chi connectivity index (χ0n) is 13.7. The second-order valence-electron chi connectivity index (χ2n) is 6.34. The molecule has 24 heavy (non-hydrogen) atoms. The molecule has 1 fully saturated rings. The molecule has 0 radical (unpaired) electrons. The van der Waals surface area contributed by atoms with Crippen molar-refractivity contribution in [3.8, 4) is 11.8 Å². The SMILES string of the molecule is O=S(=O)(c1ccccc1)C1(C#Cc2ccccc2)CCCCCC1. The Kier molecular flexibility index (Phi) is 5.06. The first-order valence-corrected chi connectivity index (χ1v) is 10.0. The highest BCUT2D eigenvalue weighted by molar-refractivity contribution is 7.93. The quantitative estimate of drug-likeness (QED) is 0.592. The fraction of sp³-hybridized carbons (Fsp3) is 0.333. The first-order chi connectivity index (χ1) is 11.6. The maximum absolute atomic E-state index is 13.4. The summed E-state index contributed by atoms with van der Waals surface area (Å²) >= 11 is 0. The molecule has 0 unspecified atom stereocenters. The zero-order valence-corrected chi connectivity index (χ0v) is 14.6. The van der Waals surface area contributed by atoms with E-state index in [1.807, 2.05) is 36.4 Å². The topological polar surface area (TPSA) is 34.1 Å². The van der Waals surface area contributed by atoms with Crippen molar-refractivity contribution < 1.29 is 8.42 Å². The molecule has 1 aliphatic carbocycles. The molecule has 124 valence electrons. The van der Waals surface area contributed by atoms with Crippen molar-refractivity contribution in [1.29, 1.82) is 0 Å². The van der Waals surface area contributed by atoms with Crippen LogP contribution in [0.2, 0.25) is 0 Å². The predicted molar refractivity (Wildman–Crippen MR) is 97.4 cm³/mol. The van der Waals surface area contributed by atoms with E-state index in [9.17, 15) is 8.42 Å². The summed E-state index contributed by atoms with van der Waals surface area (Å²) in [4.78, 5) is 0.384. The van der Waals surface area contributed by atoms with E-state index >= 15 is 0 Å². The van der Waals surface area contributed by atoms with Gasteiger partial charge in [0.2, 0.25) is 0 Å². The van der Waals surface area contributed by atoms with Crippen LogP contribution in [0, 0.1) is 11.8 Å². The van der Waals surface area contributed by atoms with E-state index in [-0.39, 0.29) is 0 Å². The van der Waals surface area contributed by atoms with Gasteiger partial charge in [0.1, 0.15) is 4.75 Å². The molecule has 2 aromatic carbocycles. The Hall–Kier alpha value is -2.05. The summed E-state index contributed by atoms with van der Waals surface area (Å²) < 4.78 is 25.8. The molecule has 3 heteroatoms. The molecule has 0 spiro atoms. The van der Waals surface area contributed by atoms with Gasteiger partial charge in [-0.3, -0.25) is 0 Å². The van der Waals surface area contributed by atoms with Gasteiger partial charge in [-0.2, -0.15) is 0 Å². The third-order valence-corrected chi connectivity index (χ3v) is 7.12. The fourth-order valence-electron chi connectivity index (χ4n) is 3.29. The van der Waals surface area contributed by atoms with E-state index in [1.54, 1.807) is 24.3 Å². The molecule has 1 aliphatic rings. The highest BCUT2D eigenvalue weighted by Gasteiger charge is 2.43. The van der Waals surface area contributed by atoms with Crippen molar-refractivity contribution in [1.82, 2.24) is 0 Å². The van der Waals surface area contributed by atoms with E-state index in [0.29, 0.717) is 17.7 Å². The van der Waals surface area contributed by atoms with Crippen LogP contribution in [0.4, 0.5) is 0 Å². The standard InChI is InChI=1S/C21H22O2S/c22-24(23,20-13-7-4-8-14-20)21(16-9-1-2-10-17-21)18-15-19-11-5-3-6-12-19/h3-8,11-14H,1-2,9-10,16-17H2. The molecular formula is C21H22O2S. The predicted octanol–water partition coefficient (Wildman–Crippen LogP) is 4.61. The number of rotatable bonds is 2. The Morgan fingerprint density at radius 3 is 1.88 bits per heavy atom. The Bertz CT molecular complexity index is 820. The lowest BCUT2D eigenvalue weighted by molar-refractivity contribution is 0.525. The van der Waals surface area contributed by atoms with Crippen molar-refractivity contribution >= 4 is 9.84 Å². The van der Waals surface area contributed by atoms with Gasteiger partial charge in [-0.25, -0.2) is 8.42 Å². The summed E-state index contributed by atoms with van der Waals surface area (Å²) in [6.07, 6.45) is 5.22. The van der Waals surface area contributed by atoms with Crippen LogP contribution in [0.5, 0.6) is 0 Å². The maximum Gasteiger partial charge on any atom is 0.195 e. The summed E-state index contributed by atoms with van der Waals surface area (Å²) in [5.74, 6) is 6.32. The maximum atomic E-state index is 13.4. The fourth-order valence-corrected chi connectivity index (χ4v) is 5.27. The van der Waals surface area contributed by atoms with Crippen molar-refractivity contribution in [3.05, 3.63) is 66.2 Å². The zero-order chi connectivity index (χ0) is 16.9. The van der Waals surface area contributed by atoms with Gasteiger partial charge in [-0.15, -0.1) is 0 Å². The molecule has 3 rings (SSSR count). The van der Waals surface area contributed by atoms with E-state index in [1.165, 1.54) is 0 Å². The van der Waals surface area contributed by atoms with Crippen LogP contribution in [0.1, 0.15) is 44.1 Å². The molecule has 2 nitrogen and oxygen atoms in total. The molecule has 0 heterocycles. The first-order valence-electron chi connectivity index (χ1n) is 8.52. The number of hydrogen-bond acceptors (Lipinski definition) is 2. The highest BCUT2D eigenvalue weighted by atomic mass is 32.2. The van der Waals surface area contributed by atoms with Crippen molar-refractivity contribution in [3.63, 3.8) is 0 Å². The second kappa shape index (κ2) is 7.23. The minimum atomic E-state index is -3.49. The third-order valence-electron chi connectivity index (χ3n) is 4.69. The van der Waals surface area contributed by atoms with E-state index in [2.05, 4.69) is 11.8 Å². The molecule has 0 atom stereocenters. The second-order valence-corrected chi connectivity index (χ2v) is 8.60. The third kappa shape index (κ3) is 3.39.